The van der Waals surface area contributed by atoms with Gasteiger partial charge in [0.1, 0.15) is 6.10 Å². The van der Waals surface area contributed by atoms with Gasteiger partial charge in [0, 0.05) is 6.20 Å². The molecule has 1 rings (SSSR count). The smallest absolute Gasteiger partial charge is 0.336 e. The number of methoxy groups -OCH3 is 1. The van der Waals surface area contributed by atoms with Gasteiger partial charge in [0.2, 0.25) is 0 Å². The van der Waals surface area contributed by atoms with E-state index in [1.54, 1.807) is 18.2 Å². The molecule has 0 aliphatic carbocycles. The maximum atomic E-state index is 11.0. The van der Waals surface area contributed by atoms with Crippen LogP contribution in [0.2, 0.25) is 0 Å². The van der Waals surface area contributed by atoms with Crippen LogP contribution < -0.4 is 0 Å². The quantitative estimate of drug-likeness (QED) is 0.571. The topological polar surface area (TPSA) is 59.4 Å². The van der Waals surface area contributed by atoms with E-state index in [2.05, 4.69) is 16.3 Å². The second-order valence-corrected chi connectivity index (χ2v) is 2.67. The number of rotatable bonds is 3. The summed E-state index contributed by atoms with van der Waals surface area (Å²) in [6.07, 6.45) is 0.423. The van der Waals surface area contributed by atoms with Crippen molar-refractivity contribution in [1.29, 1.82) is 0 Å². The monoisotopic (exact) mass is 193 g/mol. The van der Waals surface area contributed by atoms with E-state index in [1.807, 2.05) is 0 Å². The van der Waals surface area contributed by atoms with Gasteiger partial charge in [0.25, 0.3) is 0 Å². The highest BCUT2D eigenvalue weighted by atomic mass is 16.5. The highest BCUT2D eigenvalue weighted by Crippen LogP contribution is 2.18. The van der Waals surface area contributed by atoms with Crippen LogP contribution in [0.4, 0.5) is 0 Å². The fourth-order valence-electron chi connectivity index (χ4n) is 0.959. The molecule has 14 heavy (non-hydrogen) atoms. The predicted octanol–water partition coefficient (Wildman–Crippen LogP) is 0.844. The van der Waals surface area contributed by atoms with Crippen LogP contribution in [0, 0.1) is 0 Å². The van der Waals surface area contributed by atoms with E-state index in [0.717, 1.165) is 0 Å². The zero-order valence-corrected chi connectivity index (χ0v) is 7.80. The van der Waals surface area contributed by atoms with Gasteiger partial charge >= 0.3 is 5.97 Å². The van der Waals surface area contributed by atoms with Gasteiger partial charge in [-0.05, 0) is 12.1 Å². The summed E-state index contributed by atoms with van der Waals surface area (Å²) in [4.78, 5) is 14.9. The number of hydrogen-bond donors (Lipinski definition) is 1. The Morgan fingerprint density at radius 2 is 2.36 bits per heavy atom. The summed E-state index contributed by atoms with van der Waals surface area (Å²) in [6, 6.07) is 5.05. The van der Waals surface area contributed by atoms with E-state index < -0.39 is 12.1 Å². The molecule has 0 saturated heterocycles. The summed E-state index contributed by atoms with van der Waals surface area (Å²) in [7, 11) is 1.23. The fourth-order valence-corrected chi connectivity index (χ4v) is 0.959. The summed E-state index contributed by atoms with van der Waals surface area (Å²) in [6.45, 7) is 3.44. The molecule has 0 bridgehead atoms. The predicted molar refractivity (Wildman–Crippen MR) is 50.4 cm³/mol. The first-order valence-electron chi connectivity index (χ1n) is 4.03. The largest absolute Gasteiger partial charge is 0.466 e. The molecule has 1 N–H and O–H groups in total. The summed E-state index contributed by atoms with van der Waals surface area (Å²) < 4.78 is 4.43. The van der Waals surface area contributed by atoms with E-state index in [4.69, 9.17) is 0 Å². The third kappa shape index (κ3) is 2.17. The number of esters is 1. The van der Waals surface area contributed by atoms with Crippen LogP contribution in [0.5, 0.6) is 0 Å². The number of aliphatic hydroxyl groups is 1. The van der Waals surface area contributed by atoms with Crippen LogP contribution >= 0.6 is 0 Å². The maximum Gasteiger partial charge on any atom is 0.336 e. The lowest BCUT2D eigenvalue weighted by Crippen LogP contribution is -2.12. The summed E-state index contributed by atoms with van der Waals surface area (Å²) in [5.41, 5.74) is 0.356. The van der Waals surface area contributed by atoms with Crippen molar-refractivity contribution in [3.63, 3.8) is 0 Å². The van der Waals surface area contributed by atoms with Crippen molar-refractivity contribution in [2.75, 3.05) is 7.11 Å². The molecule has 0 radical (unpaired) electrons. The molecule has 0 saturated carbocycles. The van der Waals surface area contributed by atoms with Crippen LogP contribution in [-0.2, 0) is 9.53 Å². The molecular formula is C10H11NO3. The molecular weight excluding hydrogens is 182 g/mol. The highest BCUT2D eigenvalue weighted by Gasteiger charge is 2.19. The third-order valence-corrected chi connectivity index (χ3v) is 1.75. The zero-order chi connectivity index (χ0) is 10.6. The molecule has 0 amide bonds. The first kappa shape index (κ1) is 10.4. The van der Waals surface area contributed by atoms with Crippen molar-refractivity contribution >= 4 is 5.97 Å². The normalized spacial score (nSPS) is 11.9. The Balaban J connectivity index is 2.81. The minimum atomic E-state index is -1.11. The number of ether oxygens (including phenoxy) is 1. The van der Waals surface area contributed by atoms with Gasteiger partial charge in [0.05, 0.1) is 18.4 Å². The average Bonchev–Trinajstić information content (AvgIpc) is 2.27. The molecule has 74 valence electrons. The number of pyridine rings is 1. The van der Waals surface area contributed by atoms with Crippen LogP contribution in [0.25, 0.3) is 0 Å². The lowest BCUT2D eigenvalue weighted by atomic mass is 10.1. The Kier molecular flexibility index (Phi) is 3.36. The lowest BCUT2D eigenvalue weighted by Gasteiger charge is -2.10. The van der Waals surface area contributed by atoms with E-state index >= 15 is 0 Å². The standard InChI is InChI=1S/C10H11NO3/c1-7(10(13)14-2)9(12)8-5-3-4-6-11-8/h3-6,9,12H,1H2,2H3. The molecule has 1 heterocycles. The summed E-state index contributed by atoms with van der Waals surface area (Å²) in [5, 5.41) is 9.63. The Morgan fingerprint density at radius 1 is 1.64 bits per heavy atom. The molecule has 0 spiro atoms. The molecule has 1 atom stereocenters. The molecule has 4 nitrogen and oxygen atoms in total. The first-order chi connectivity index (χ1) is 6.66. The number of hydrogen-bond acceptors (Lipinski definition) is 4. The zero-order valence-electron chi connectivity index (χ0n) is 7.80. The van der Waals surface area contributed by atoms with E-state index in [0.29, 0.717) is 5.69 Å². The van der Waals surface area contributed by atoms with Gasteiger partial charge in [-0.1, -0.05) is 12.6 Å². The van der Waals surface area contributed by atoms with Crippen LogP contribution in [0.3, 0.4) is 0 Å². The van der Waals surface area contributed by atoms with Gasteiger partial charge < -0.3 is 9.84 Å². The molecule has 4 heteroatoms. The van der Waals surface area contributed by atoms with Crippen molar-refractivity contribution in [3.05, 3.63) is 42.2 Å². The molecule has 1 aromatic heterocycles. The van der Waals surface area contributed by atoms with Crippen LogP contribution in [0.15, 0.2) is 36.5 Å². The molecule has 0 aliphatic heterocycles. The summed E-state index contributed by atoms with van der Waals surface area (Å²) >= 11 is 0. The Morgan fingerprint density at radius 3 is 2.86 bits per heavy atom. The number of carbonyl (C=O) groups excluding carboxylic acids is 1. The maximum absolute atomic E-state index is 11.0. The van der Waals surface area contributed by atoms with E-state index in [1.165, 1.54) is 13.3 Å². The van der Waals surface area contributed by atoms with Gasteiger partial charge in [-0.2, -0.15) is 0 Å². The molecule has 0 aromatic carbocycles. The lowest BCUT2D eigenvalue weighted by molar-refractivity contribution is -0.137. The van der Waals surface area contributed by atoms with E-state index in [-0.39, 0.29) is 5.57 Å². The van der Waals surface area contributed by atoms with Crippen LogP contribution in [0.1, 0.15) is 11.8 Å². The Labute approximate surface area is 81.9 Å². The number of aromatic nitrogens is 1. The van der Waals surface area contributed by atoms with Crippen molar-refractivity contribution in [1.82, 2.24) is 4.98 Å². The SMILES string of the molecule is C=C(C(=O)OC)C(O)c1ccccn1. The first-order valence-corrected chi connectivity index (χ1v) is 4.03. The van der Waals surface area contributed by atoms with Gasteiger partial charge in [0.15, 0.2) is 0 Å². The van der Waals surface area contributed by atoms with Gasteiger partial charge in [-0.3, -0.25) is 4.98 Å². The fraction of sp³-hybridized carbons (Fsp3) is 0.200. The van der Waals surface area contributed by atoms with Crippen molar-refractivity contribution in [2.24, 2.45) is 0 Å². The van der Waals surface area contributed by atoms with Crippen LogP contribution in [-0.4, -0.2) is 23.2 Å². The molecule has 0 aliphatic rings. The second kappa shape index (κ2) is 4.53. The van der Waals surface area contributed by atoms with Gasteiger partial charge in [-0.25, -0.2) is 4.79 Å². The minimum absolute atomic E-state index is 0.0220. The summed E-state index contributed by atoms with van der Waals surface area (Å²) in [5.74, 6) is -0.636. The van der Waals surface area contributed by atoms with Gasteiger partial charge in [-0.15, -0.1) is 0 Å². The minimum Gasteiger partial charge on any atom is -0.466 e. The third-order valence-electron chi connectivity index (χ3n) is 1.75. The number of aliphatic hydroxyl groups excluding tert-OH is 1. The van der Waals surface area contributed by atoms with E-state index in [9.17, 15) is 9.90 Å². The average molecular weight is 193 g/mol. The Hall–Kier alpha value is -1.68. The molecule has 1 aromatic rings. The van der Waals surface area contributed by atoms with Crippen molar-refractivity contribution in [2.45, 2.75) is 6.10 Å². The second-order valence-electron chi connectivity index (χ2n) is 2.67. The highest BCUT2D eigenvalue weighted by molar-refractivity contribution is 5.88. The molecule has 0 fully saturated rings. The Bertz CT molecular complexity index is 334. The van der Waals surface area contributed by atoms with Crippen molar-refractivity contribution < 1.29 is 14.6 Å². The number of carbonyl (C=O) groups is 1. The molecule has 1 unspecified atom stereocenters. The number of nitrogens with zero attached hydrogens (tertiary/aromatic N) is 1. The van der Waals surface area contributed by atoms with Crippen molar-refractivity contribution in [3.8, 4) is 0 Å².